The van der Waals surface area contributed by atoms with Crippen LogP contribution < -0.4 is 20.7 Å². The van der Waals surface area contributed by atoms with Crippen molar-refractivity contribution in [3.05, 3.63) is 72.7 Å². The number of piperidine rings is 1. The van der Waals surface area contributed by atoms with Gasteiger partial charge in [-0.3, -0.25) is 9.89 Å². The predicted molar refractivity (Wildman–Crippen MR) is 161 cm³/mol. The standard InChI is InChI=1S/C31H36N8O3/c1-3-42-23-15-24(28-25-18-34-36-29(25)37-39(28)19-23)22-9-10-26(33-17-22)38-13-11-31(12-14-38,16-21-7-5-4-6-8-21)35-30(41)27(32)20(2)40/h4-10,15,17-20,27,40H,3,11-14,16,32H2,1-2H3,(H,35,41)(H,36,37)/t20-,27+/m1/s1. The molecular weight excluding hydrogens is 532 g/mol. The number of aliphatic hydroxyl groups excluding tert-OH is 1. The predicted octanol–water partition coefficient (Wildman–Crippen LogP) is 3.08. The molecule has 6 rings (SSSR count). The highest BCUT2D eigenvalue weighted by molar-refractivity contribution is 6.00. The van der Waals surface area contributed by atoms with E-state index in [1.54, 1.807) is 6.20 Å². The minimum atomic E-state index is -0.975. The molecule has 1 aliphatic rings. The number of rotatable bonds is 9. The molecule has 5 aromatic rings. The average Bonchev–Trinajstić information content (AvgIpc) is 3.59. The van der Waals surface area contributed by atoms with E-state index in [0.717, 1.165) is 52.0 Å². The average molecular weight is 569 g/mol. The highest BCUT2D eigenvalue weighted by atomic mass is 16.5. The smallest absolute Gasteiger partial charge is 0.240 e. The normalized spacial score (nSPS) is 16.4. The van der Waals surface area contributed by atoms with Crippen LogP contribution in [0.15, 0.2) is 67.1 Å². The Hall–Kier alpha value is -4.48. The lowest BCUT2D eigenvalue weighted by Gasteiger charge is -2.43. The Balaban J connectivity index is 1.24. The first-order valence-electron chi connectivity index (χ1n) is 14.3. The van der Waals surface area contributed by atoms with Crippen LogP contribution in [0, 0.1) is 0 Å². The molecule has 0 aliphatic carbocycles. The van der Waals surface area contributed by atoms with Gasteiger partial charge in [-0.1, -0.05) is 30.3 Å². The van der Waals surface area contributed by atoms with Gasteiger partial charge < -0.3 is 25.8 Å². The maximum absolute atomic E-state index is 12.9. The Morgan fingerprint density at radius 1 is 1.19 bits per heavy atom. The van der Waals surface area contributed by atoms with Crippen LogP contribution >= 0.6 is 0 Å². The number of ether oxygens (including phenoxy) is 1. The number of hydrogen-bond donors (Lipinski definition) is 4. The van der Waals surface area contributed by atoms with Crippen LogP contribution in [0.1, 0.15) is 32.3 Å². The first kappa shape index (κ1) is 27.7. The van der Waals surface area contributed by atoms with Crippen molar-refractivity contribution in [2.45, 2.75) is 50.8 Å². The summed E-state index contributed by atoms with van der Waals surface area (Å²) in [6, 6.07) is 15.3. The van der Waals surface area contributed by atoms with Gasteiger partial charge >= 0.3 is 0 Å². The number of anilines is 1. The van der Waals surface area contributed by atoms with Gasteiger partial charge in [0, 0.05) is 36.0 Å². The summed E-state index contributed by atoms with van der Waals surface area (Å²) in [6.07, 6.45) is 6.74. The van der Waals surface area contributed by atoms with Crippen LogP contribution in [0.3, 0.4) is 0 Å². The van der Waals surface area contributed by atoms with Crippen molar-refractivity contribution in [2.75, 3.05) is 24.6 Å². The summed E-state index contributed by atoms with van der Waals surface area (Å²) in [5.41, 5.74) is 10.2. The van der Waals surface area contributed by atoms with E-state index >= 15 is 0 Å². The van der Waals surface area contributed by atoms with E-state index in [9.17, 15) is 9.90 Å². The van der Waals surface area contributed by atoms with Crippen LogP contribution in [-0.4, -0.2) is 73.2 Å². The summed E-state index contributed by atoms with van der Waals surface area (Å²) in [5.74, 6) is 1.27. The monoisotopic (exact) mass is 568 g/mol. The van der Waals surface area contributed by atoms with E-state index in [0.29, 0.717) is 31.8 Å². The second-order valence-corrected chi connectivity index (χ2v) is 11.0. The highest BCUT2D eigenvalue weighted by Gasteiger charge is 2.38. The van der Waals surface area contributed by atoms with Gasteiger partial charge in [0.25, 0.3) is 0 Å². The summed E-state index contributed by atoms with van der Waals surface area (Å²) in [6.45, 7) is 5.47. The zero-order chi connectivity index (χ0) is 29.3. The summed E-state index contributed by atoms with van der Waals surface area (Å²) >= 11 is 0. The van der Waals surface area contributed by atoms with Gasteiger partial charge in [0.05, 0.1) is 36.0 Å². The van der Waals surface area contributed by atoms with Crippen LogP contribution in [0.2, 0.25) is 0 Å². The van der Waals surface area contributed by atoms with Crippen LogP contribution in [-0.2, 0) is 11.2 Å². The number of nitrogens with one attached hydrogen (secondary N) is 2. The van der Waals surface area contributed by atoms with Crippen molar-refractivity contribution in [1.29, 1.82) is 0 Å². The molecule has 0 bridgehead atoms. The third-order valence-corrected chi connectivity index (χ3v) is 8.11. The maximum atomic E-state index is 12.9. The number of hydrogen-bond acceptors (Lipinski definition) is 8. The molecule has 5 heterocycles. The Labute approximate surface area is 243 Å². The molecule has 42 heavy (non-hydrogen) atoms. The molecule has 2 atom stereocenters. The molecule has 1 fully saturated rings. The Bertz CT molecular complexity index is 1670. The fourth-order valence-electron chi connectivity index (χ4n) is 5.80. The Kier molecular flexibility index (Phi) is 7.53. The Morgan fingerprint density at radius 2 is 1.98 bits per heavy atom. The van der Waals surface area contributed by atoms with Crippen molar-refractivity contribution in [2.24, 2.45) is 5.73 Å². The van der Waals surface area contributed by atoms with Crippen LogP contribution in [0.4, 0.5) is 5.82 Å². The molecule has 5 N–H and O–H groups in total. The third kappa shape index (κ3) is 5.40. The van der Waals surface area contributed by atoms with Crippen molar-refractivity contribution in [3.8, 4) is 16.9 Å². The summed E-state index contributed by atoms with van der Waals surface area (Å²) < 4.78 is 7.64. The van der Waals surface area contributed by atoms with Gasteiger partial charge in [-0.05, 0) is 56.9 Å². The van der Waals surface area contributed by atoms with E-state index in [1.165, 1.54) is 6.92 Å². The van der Waals surface area contributed by atoms with E-state index in [2.05, 4.69) is 43.7 Å². The molecule has 11 nitrogen and oxygen atoms in total. The number of amides is 1. The molecule has 11 heteroatoms. The first-order valence-corrected chi connectivity index (χ1v) is 14.3. The molecule has 1 aromatic carbocycles. The number of H-pyrrole nitrogens is 1. The number of carbonyl (C=O) groups is 1. The largest absolute Gasteiger partial charge is 0.492 e. The molecule has 0 saturated carbocycles. The van der Waals surface area contributed by atoms with E-state index in [-0.39, 0.29) is 5.91 Å². The number of fused-ring (bicyclic) bond motifs is 3. The van der Waals surface area contributed by atoms with Crippen LogP contribution in [0.25, 0.3) is 27.7 Å². The summed E-state index contributed by atoms with van der Waals surface area (Å²) in [4.78, 5) is 20.0. The first-order chi connectivity index (χ1) is 20.4. The molecule has 1 aliphatic heterocycles. The van der Waals surface area contributed by atoms with Gasteiger partial charge in [-0.2, -0.15) is 5.10 Å². The lowest BCUT2D eigenvalue weighted by molar-refractivity contribution is -0.126. The van der Waals surface area contributed by atoms with E-state index < -0.39 is 17.7 Å². The number of pyridine rings is 2. The van der Waals surface area contributed by atoms with E-state index in [1.807, 2.05) is 54.2 Å². The highest BCUT2D eigenvalue weighted by Crippen LogP contribution is 2.34. The molecular formula is C31H36N8O3. The molecule has 0 radical (unpaired) electrons. The number of carbonyl (C=O) groups excluding carboxylic acids is 1. The molecule has 1 amide bonds. The molecule has 0 spiro atoms. The van der Waals surface area contributed by atoms with Gasteiger partial charge in [0.2, 0.25) is 5.91 Å². The molecule has 1 saturated heterocycles. The zero-order valence-corrected chi connectivity index (χ0v) is 23.8. The van der Waals surface area contributed by atoms with E-state index in [4.69, 9.17) is 15.5 Å². The second kappa shape index (κ2) is 11.4. The zero-order valence-electron chi connectivity index (χ0n) is 23.8. The SMILES string of the molecule is CCOc1cc(-c2ccc(N3CCC(Cc4ccccc4)(NC(=O)[C@@H](N)[C@@H](C)O)CC3)nc2)c2c3cn[nH]c3nn2c1. The second-order valence-electron chi connectivity index (χ2n) is 11.0. The summed E-state index contributed by atoms with van der Waals surface area (Å²) in [5, 5.41) is 25.8. The van der Waals surface area contributed by atoms with Crippen molar-refractivity contribution in [3.63, 3.8) is 0 Å². The summed E-state index contributed by atoms with van der Waals surface area (Å²) in [7, 11) is 0. The number of nitrogens with two attached hydrogens (primary N) is 1. The maximum Gasteiger partial charge on any atom is 0.240 e. The number of aromatic nitrogens is 5. The number of aromatic amines is 1. The molecule has 0 unspecified atom stereocenters. The lowest BCUT2D eigenvalue weighted by atomic mass is 9.81. The van der Waals surface area contributed by atoms with Crippen molar-refractivity contribution < 1.29 is 14.6 Å². The van der Waals surface area contributed by atoms with Crippen molar-refractivity contribution in [1.82, 2.24) is 30.1 Å². The molecule has 4 aromatic heterocycles. The fourth-order valence-corrected chi connectivity index (χ4v) is 5.80. The van der Waals surface area contributed by atoms with Crippen LogP contribution in [0.5, 0.6) is 5.75 Å². The third-order valence-electron chi connectivity index (χ3n) is 8.11. The minimum Gasteiger partial charge on any atom is -0.492 e. The van der Waals surface area contributed by atoms with Crippen molar-refractivity contribution >= 4 is 28.3 Å². The lowest BCUT2D eigenvalue weighted by Crippen LogP contribution is -2.61. The van der Waals surface area contributed by atoms with Gasteiger partial charge in [-0.25, -0.2) is 9.50 Å². The number of nitrogens with zero attached hydrogens (tertiary/aromatic N) is 5. The minimum absolute atomic E-state index is 0.330. The van der Waals surface area contributed by atoms with Gasteiger partial charge in [-0.15, -0.1) is 5.10 Å². The topological polar surface area (TPSA) is 147 Å². The quantitative estimate of drug-likeness (QED) is 0.212. The fraction of sp³-hybridized carbons (Fsp3) is 0.355. The van der Waals surface area contributed by atoms with Gasteiger partial charge in [0.15, 0.2) is 5.65 Å². The van der Waals surface area contributed by atoms with Gasteiger partial charge in [0.1, 0.15) is 17.6 Å². The Morgan fingerprint density at radius 3 is 2.67 bits per heavy atom. The molecule has 218 valence electrons. The number of aliphatic hydroxyl groups is 1. The number of benzene rings is 1.